The normalized spacial score (nSPS) is 31.2. The van der Waals surface area contributed by atoms with Crippen LogP contribution >= 0.6 is 12.2 Å². The van der Waals surface area contributed by atoms with Gasteiger partial charge in [-0.25, -0.2) is 0 Å². The lowest BCUT2D eigenvalue weighted by Crippen LogP contribution is -2.48. The number of benzene rings is 1. The summed E-state index contributed by atoms with van der Waals surface area (Å²) in [5.74, 6) is 1.86. The van der Waals surface area contributed by atoms with Crippen LogP contribution in [0.1, 0.15) is 36.8 Å². The minimum Gasteiger partial charge on any atom is -0.360 e. The third-order valence-electron chi connectivity index (χ3n) is 5.46. The first-order chi connectivity index (χ1) is 9.79. The zero-order valence-electron chi connectivity index (χ0n) is 11.8. The minimum absolute atomic E-state index is 0.651. The molecule has 1 aromatic carbocycles. The van der Waals surface area contributed by atoms with Crippen molar-refractivity contribution in [3.05, 3.63) is 35.4 Å². The number of hydrogen-bond donors (Lipinski definition) is 1. The molecule has 0 radical (unpaired) electrons. The summed E-state index contributed by atoms with van der Waals surface area (Å²) in [4.78, 5) is 2.35. The van der Waals surface area contributed by atoms with Crippen LogP contribution in [0.25, 0.3) is 0 Å². The fourth-order valence-corrected chi connectivity index (χ4v) is 4.65. The van der Waals surface area contributed by atoms with E-state index in [0.29, 0.717) is 6.04 Å². The summed E-state index contributed by atoms with van der Waals surface area (Å²) < 4.78 is 0. The van der Waals surface area contributed by atoms with E-state index in [0.717, 1.165) is 36.5 Å². The average molecular weight is 286 g/mol. The highest BCUT2D eigenvalue weighted by molar-refractivity contribution is 7.80. The third-order valence-corrected chi connectivity index (χ3v) is 5.84. The van der Waals surface area contributed by atoms with Crippen molar-refractivity contribution >= 4 is 17.3 Å². The van der Waals surface area contributed by atoms with Crippen LogP contribution in [0.4, 0.5) is 0 Å². The van der Waals surface area contributed by atoms with E-state index >= 15 is 0 Å². The van der Waals surface area contributed by atoms with Gasteiger partial charge in [-0.2, -0.15) is 0 Å². The monoisotopic (exact) mass is 286 g/mol. The van der Waals surface area contributed by atoms with Crippen LogP contribution in [0.5, 0.6) is 0 Å². The Kier molecular flexibility index (Phi) is 3.18. The first-order valence-electron chi connectivity index (χ1n) is 7.92. The summed E-state index contributed by atoms with van der Waals surface area (Å²) in [5, 5.41) is 4.65. The molecule has 20 heavy (non-hydrogen) atoms. The largest absolute Gasteiger partial charge is 0.360 e. The first-order valence-corrected chi connectivity index (χ1v) is 8.32. The molecule has 1 N–H and O–H groups in total. The Bertz CT molecular complexity index is 527. The van der Waals surface area contributed by atoms with Gasteiger partial charge in [0.25, 0.3) is 0 Å². The fourth-order valence-electron chi connectivity index (χ4n) is 4.34. The molecule has 1 heterocycles. The molecule has 0 aromatic heterocycles. The second-order valence-corrected chi connectivity index (χ2v) is 7.06. The van der Waals surface area contributed by atoms with Crippen LogP contribution in [-0.2, 0) is 13.0 Å². The zero-order chi connectivity index (χ0) is 13.5. The SMILES string of the molecule is S=C(N[C@H]1C[C@@H]2CC[C@@H]1C2)N1CCc2ccccc2C1. The lowest BCUT2D eigenvalue weighted by atomic mass is 9.95. The van der Waals surface area contributed by atoms with Gasteiger partial charge in [0.15, 0.2) is 5.11 Å². The van der Waals surface area contributed by atoms with Crippen molar-refractivity contribution in [3.63, 3.8) is 0 Å². The van der Waals surface area contributed by atoms with Crippen molar-refractivity contribution in [1.29, 1.82) is 0 Å². The van der Waals surface area contributed by atoms with Crippen molar-refractivity contribution in [1.82, 2.24) is 10.2 Å². The van der Waals surface area contributed by atoms with E-state index in [9.17, 15) is 0 Å². The Hall–Kier alpha value is -1.09. The van der Waals surface area contributed by atoms with Crippen molar-refractivity contribution in [3.8, 4) is 0 Å². The van der Waals surface area contributed by atoms with Gasteiger partial charge in [-0.1, -0.05) is 30.7 Å². The number of fused-ring (bicyclic) bond motifs is 3. The van der Waals surface area contributed by atoms with E-state index < -0.39 is 0 Å². The quantitative estimate of drug-likeness (QED) is 0.799. The van der Waals surface area contributed by atoms with Crippen LogP contribution in [0.15, 0.2) is 24.3 Å². The van der Waals surface area contributed by atoms with E-state index in [2.05, 4.69) is 34.5 Å². The lowest BCUT2D eigenvalue weighted by Gasteiger charge is -2.34. The highest BCUT2D eigenvalue weighted by atomic mass is 32.1. The molecule has 0 unspecified atom stereocenters. The summed E-state index contributed by atoms with van der Waals surface area (Å²) in [7, 11) is 0. The Balaban J connectivity index is 1.40. The minimum atomic E-state index is 0.651. The average Bonchev–Trinajstić information content (AvgIpc) is 3.09. The Morgan fingerprint density at radius 2 is 2.00 bits per heavy atom. The molecule has 0 saturated heterocycles. The topological polar surface area (TPSA) is 15.3 Å². The van der Waals surface area contributed by atoms with Crippen molar-refractivity contribution < 1.29 is 0 Å². The molecule has 106 valence electrons. The first kappa shape index (κ1) is 12.6. The van der Waals surface area contributed by atoms with E-state index in [-0.39, 0.29) is 0 Å². The maximum Gasteiger partial charge on any atom is 0.169 e. The standard InChI is InChI=1S/C17H22N2S/c20-17(18-16-10-12-5-6-14(16)9-12)19-8-7-13-3-1-2-4-15(13)11-19/h1-4,12,14,16H,5-11H2,(H,18,20)/t12-,14-,16+/m1/s1. The second kappa shape index (κ2) is 5.03. The van der Waals surface area contributed by atoms with Crippen LogP contribution in [0.3, 0.4) is 0 Å². The molecule has 2 bridgehead atoms. The molecule has 3 atom stereocenters. The molecule has 1 aromatic rings. The van der Waals surface area contributed by atoms with Crippen LogP contribution < -0.4 is 5.32 Å². The molecular formula is C17H22N2S. The number of rotatable bonds is 1. The van der Waals surface area contributed by atoms with Gasteiger partial charge in [-0.05, 0) is 60.9 Å². The van der Waals surface area contributed by atoms with Crippen LogP contribution in [-0.4, -0.2) is 22.6 Å². The fraction of sp³-hybridized carbons (Fsp3) is 0.588. The predicted molar refractivity (Wildman–Crippen MR) is 85.5 cm³/mol. The molecule has 2 fully saturated rings. The van der Waals surface area contributed by atoms with Gasteiger partial charge in [0, 0.05) is 19.1 Å². The van der Waals surface area contributed by atoms with Gasteiger partial charge in [0.1, 0.15) is 0 Å². The summed E-state index contributed by atoms with van der Waals surface area (Å²) in [6.07, 6.45) is 6.76. The maximum atomic E-state index is 5.67. The molecule has 0 spiro atoms. The van der Waals surface area contributed by atoms with Crippen LogP contribution in [0.2, 0.25) is 0 Å². The van der Waals surface area contributed by atoms with E-state index in [1.165, 1.54) is 36.8 Å². The second-order valence-electron chi connectivity index (χ2n) is 6.67. The smallest absolute Gasteiger partial charge is 0.169 e. The Morgan fingerprint density at radius 3 is 2.75 bits per heavy atom. The van der Waals surface area contributed by atoms with E-state index in [4.69, 9.17) is 12.2 Å². The molecule has 2 saturated carbocycles. The van der Waals surface area contributed by atoms with Crippen molar-refractivity contribution in [2.75, 3.05) is 6.54 Å². The lowest BCUT2D eigenvalue weighted by molar-refractivity contribution is 0.347. The summed E-state index contributed by atoms with van der Waals surface area (Å²) >= 11 is 5.67. The van der Waals surface area contributed by atoms with Gasteiger partial charge in [-0.15, -0.1) is 0 Å². The molecule has 1 aliphatic heterocycles. The number of nitrogens with zero attached hydrogens (tertiary/aromatic N) is 1. The molecule has 0 amide bonds. The van der Waals surface area contributed by atoms with E-state index in [1.807, 2.05) is 0 Å². The number of hydrogen-bond acceptors (Lipinski definition) is 1. The summed E-state index contributed by atoms with van der Waals surface area (Å²) in [6.45, 7) is 2.03. The molecule has 3 aliphatic rings. The van der Waals surface area contributed by atoms with Gasteiger partial charge in [-0.3, -0.25) is 0 Å². The van der Waals surface area contributed by atoms with Gasteiger partial charge < -0.3 is 10.2 Å². The van der Waals surface area contributed by atoms with Gasteiger partial charge >= 0.3 is 0 Å². The maximum absolute atomic E-state index is 5.67. The molecule has 4 rings (SSSR count). The predicted octanol–water partition coefficient (Wildman–Crippen LogP) is 3.11. The molecule has 3 heteroatoms. The number of nitrogens with one attached hydrogen (secondary N) is 1. The summed E-state index contributed by atoms with van der Waals surface area (Å²) in [6, 6.07) is 9.41. The Morgan fingerprint density at radius 1 is 1.15 bits per heavy atom. The zero-order valence-corrected chi connectivity index (χ0v) is 12.7. The van der Waals surface area contributed by atoms with E-state index in [1.54, 1.807) is 0 Å². The third kappa shape index (κ3) is 2.22. The highest BCUT2D eigenvalue weighted by Gasteiger charge is 2.40. The number of thiocarbonyl (C=S) groups is 1. The molecule has 2 nitrogen and oxygen atoms in total. The Labute approximate surface area is 126 Å². The van der Waals surface area contributed by atoms with Crippen molar-refractivity contribution in [2.45, 2.75) is 44.7 Å². The van der Waals surface area contributed by atoms with Gasteiger partial charge in [0.05, 0.1) is 0 Å². The van der Waals surface area contributed by atoms with Crippen LogP contribution in [0, 0.1) is 11.8 Å². The highest BCUT2D eigenvalue weighted by Crippen LogP contribution is 2.44. The molecular weight excluding hydrogens is 264 g/mol. The van der Waals surface area contributed by atoms with Gasteiger partial charge in [0.2, 0.25) is 0 Å². The summed E-state index contributed by atoms with van der Waals surface area (Å²) in [5.41, 5.74) is 2.93. The van der Waals surface area contributed by atoms with Crippen molar-refractivity contribution in [2.24, 2.45) is 11.8 Å². The molecule has 2 aliphatic carbocycles.